The third-order valence-corrected chi connectivity index (χ3v) is 3.04. The van der Waals surface area contributed by atoms with Crippen LogP contribution in [0.4, 0.5) is 0 Å². The van der Waals surface area contributed by atoms with E-state index >= 15 is 0 Å². The summed E-state index contributed by atoms with van der Waals surface area (Å²) in [7, 11) is 0. The molecule has 1 aliphatic carbocycles. The average Bonchev–Trinajstić information content (AvgIpc) is 2.15. The second-order valence-corrected chi connectivity index (χ2v) is 5.37. The third-order valence-electron chi connectivity index (χ3n) is 3.04. The van der Waals surface area contributed by atoms with Crippen LogP contribution in [-0.4, -0.2) is 6.29 Å². The Bertz CT molecular complexity index is 225. The molecule has 0 amide bonds. The molecule has 0 aromatic rings. The van der Waals surface area contributed by atoms with Gasteiger partial charge in [0, 0.05) is 5.41 Å². The summed E-state index contributed by atoms with van der Waals surface area (Å²) in [6.07, 6.45) is 9.45. The molecule has 0 aromatic heterocycles. The van der Waals surface area contributed by atoms with Crippen LogP contribution in [0.15, 0.2) is 11.6 Å². The summed E-state index contributed by atoms with van der Waals surface area (Å²) >= 11 is 0. The van der Waals surface area contributed by atoms with Gasteiger partial charge in [0.15, 0.2) is 0 Å². The normalized spacial score (nSPS) is 26.5. The molecule has 1 fully saturated rings. The van der Waals surface area contributed by atoms with Crippen molar-refractivity contribution >= 4 is 6.29 Å². The van der Waals surface area contributed by atoms with Crippen LogP contribution in [0.3, 0.4) is 0 Å². The van der Waals surface area contributed by atoms with Crippen LogP contribution in [0.25, 0.3) is 0 Å². The fraction of sp³-hybridized carbons (Fsp3) is 0.769. The lowest BCUT2D eigenvalue weighted by Gasteiger charge is -2.22. The third kappa shape index (κ3) is 3.65. The lowest BCUT2D eigenvalue weighted by molar-refractivity contribution is -0.114. The van der Waals surface area contributed by atoms with Crippen LogP contribution < -0.4 is 0 Å². The molecule has 0 heterocycles. The van der Waals surface area contributed by atoms with Gasteiger partial charge < -0.3 is 4.79 Å². The minimum absolute atomic E-state index is 0.173. The fourth-order valence-electron chi connectivity index (χ4n) is 1.97. The summed E-state index contributed by atoms with van der Waals surface area (Å²) < 4.78 is 0. The number of carbonyl (C=O) groups is 1. The molecule has 80 valence electrons. The Morgan fingerprint density at radius 1 is 1.50 bits per heavy atom. The van der Waals surface area contributed by atoms with Gasteiger partial charge in [0.25, 0.3) is 0 Å². The number of allylic oxidation sites excluding steroid dienone is 2. The zero-order valence-corrected chi connectivity index (χ0v) is 9.68. The maximum Gasteiger partial charge on any atom is 0.125 e. The van der Waals surface area contributed by atoms with Crippen molar-refractivity contribution in [1.29, 1.82) is 0 Å². The highest BCUT2D eigenvalue weighted by Gasteiger charge is 2.17. The van der Waals surface area contributed by atoms with Crippen molar-refractivity contribution in [3.05, 3.63) is 11.6 Å². The molecule has 1 heteroatoms. The number of rotatable bonds is 3. The van der Waals surface area contributed by atoms with E-state index in [1.165, 1.54) is 25.7 Å². The SMILES string of the molecule is CC1CCC/C(=C\CC(C)(C)C=O)C1. The van der Waals surface area contributed by atoms with Crippen molar-refractivity contribution in [2.45, 2.75) is 52.9 Å². The Morgan fingerprint density at radius 3 is 2.79 bits per heavy atom. The Labute approximate surface area is 87.6 Å². The van der Waals surface area contributed by atoms with Crippen molar-refractivity contribution in [2.24, 2.45) is 11.3 Å². The lowest BCUT2D eigenvalue weighted by atomic mass is 9.83. The summed E-state index contributed by atoms with van der Waals surface area (Å²) in [5.41, 5.74) is 1.40. The van der Waals surface area contributed by atoms with Gasteiger partial charge in [-0.05, 0) is 31.6 Å². The van der Waals surface area contributed by atoms with E-state index in [1.54, 1.807) is 5.57 Å². The number of carbonyl (C=O) groups excluding carboxylic acids is 1. The van der Waals surface area contributed by atoms with E-state index in [1.807, 2.05) is 13.8 Å². The van der Waals surface area contributed by atoms with Gasteiger partial charge in [-0.1, -0.05) is 38.8 Å². The summed E-state index contributed by atoms with van der Waals surface area (Å²) in [5.74, 6) is 0.842. The topological polar surface area (TPSA) is 17.1 Å². The number of hydrogen-bond acceptors (Lipinski definition) is 1. The molecule has 1 rings (SSSR count). The number of aldehydes is 1. The number of hydrogen-bond donors (Lipinski definition) is 0. The molecule has 0 spiro atoms. The van der Waals surface area contributed by atoms with Gasteiger partial charge in [0.1, 0.15) is 6.29 Å². The van der Waals surface area contributed by atoms with Gasteiger partial charge in [-0.2, -0.15) is 0 Å². The monoisotopic (exact) mass is 194 g/mol. The summed E-state index contributed by atoms with van der Waals surface area (Å²) in [6.45, 7) is 6.32. The highest BCUT2D eigenvalue weighted by molar-refractivity contribution is 5.58. The molecule has 1 atom stereocenters. The lowest BCUT2D eigenvalue weighted by Crippen LogP contribution is -2.12. The summed E-state index contributed by atoms with van der Waals surface area (Å²) in [4.78, 5) is 10.7. The predicted octanol–water partition coefficient (Wildman–Crippen LogP) is 3.74. The molecule has 1 aliphatic rings. The van der Waals surface area contributed by atoms with Gasteiger partial charge in [-0.3, -0.25) is 0 Å². The van der Waals surface area contributed by atoms with Crippen molar-refractivity contribution in [3.63, 3.8) is 0 Å². The maximum absolute atomic E-state index is 10.7. The molecule has 0 N–H and O–H groups in total. The van der Waals surface area contributed by atoms with Crippen LogP contribution in [0.1, 0.15) is 52.9 Å². The second-order valence-electron chi connectivity index (χ2n) is 5.37. The van der Waals surface area contributed by atoms with Gasteiger partial charge >= 0.3 is 0 Å². The quantitative estimate of drug-likeness (QED) is 0.494. The minimum Gasteiger partial charge on any atom is -0.303 e. The fourth-order valence-corrected chi connectivity index (χ4v) is 1.97. The second kappa shape index (κ2) is 4.77. The van der Waals surface area contributed by atoms with Crippen molar-refractivity contribution in [3.8, 4) is 0 Å². The molecule has 0 aliphatic heterocycles. The first kappa shape index (κ1) is 11.5. The molecule has 1 saturated carbocycles. The van der Waals surface area contributed by atoms with Crippen LogP contribution in [0.2, 0.25) is 0 Å². The Hall–Kier alpha value is -0.590. The van der Waals surface area contributed by atoms with Crippen molar-refractivity contribution < 1.29 is 4.79 Å². The first-order chi connectivity index (χ1) is 6.53. The highest BCUT2D eigenvalue weighted by Crippen LogP contribution is 2.29. The van der Waals surface area contributed by atoms with Crippen LogP contribution in [0, 0.1) is 11.3 Å². The van der Waals surface area contributed by atoms with Crippen LogP contribution in [-0.2, 0) is 4.79 Å². The maximum atomic E-state index is 10.7. The smallest absolute Gasteiger partial charge is 0.125 e. The zero-order chi connectivity index (χ0) is 10.6. The van der Waals surface area contributed by atoms with E-state index in [0.29, 0.717) is 0 Å². The van der Waals surface area contributed by atoms with Gasteiger partial charge in [-0.25, -0.2) is 0 Å². The molecule has 0 aromatic carbocycles. The van der Waals surface area contributed by atoms with E-state index in [0.717, 1.165) is 18.6 Å². The van der Waals surface area contributed by atoms with E-state index in [-0.39, 0.29) is 5.41 Å². The van der Waals surface area contributed by atoms with E-state index < -0.39 is 0 Å². The molecule has 0 bridgehead atoms. The predicted molar refractivity (Wildman–Crippen MR) is 60.2 cm³/mol. The minimum atomic E-state index is -0.173. The molecule has 1 nitrogen and oxygen atoms in total. The largest absolute Gasteiger partial charge is 0.303 e. The molecule has 0 saturated heterocycles. The molecular weight excluding hydrogens is 172 g/mol. The van der Waals surface area contributed by atoms with Crippen LogP contribution in [0.5, 0.6) is 0 Å². The molecular formula is C13H22O. The average molecular weight is 194 g/mol. The van der Waals surface area contributed by atoms with E-state index in [9.17, 15) is 4.79 Å². The first-order valence-electron chi connectivity index (χ1n) is 5.68. The Morgan fingerprint density at radius 2 is 2.21 bits per heavy atom. The van der Waals surface area contributed by atoms with Gasteiger partial charge in [-0.15, -0.1) is 0 Å². The zero-order valence-electron chi connectivity index (χ0n) is 9.68. The highest BCUT2D eigenvalue weighted by atomic mass is 16.1. The van der Waals surface area contributed by atoms with Gasteiger partial charge in [0.2, 0.25) is 0 Å². The molecule has 1 unspecified atom stereocenters. The van der Waals surface area contributed by atoms with E-state index in [2.05, 4.69) is 13.0 Å². The standard InChI is InChI=1S/C13H22O/c1-11-5-4-6-12(9-11)7-8-13(2,3)10-14/h7,10-11H,4-6,8-9H2,1-3H3/b12-7+. The molecule has 0 radical (unpaired) electrons. The van der Waals surface area contributed by atoms with Gasteiger partial charge in [0.05, 0.1) is 0 Å². The Balaban J connectivity index is 2.47. The summed E-state index contributed by atoms with van der Waals surface area (Å²) in [5, 5.41) is 0. The van der Waals surface area contributed by atoms with Crippen LogP contribution >= 0.6 is 0 Å². The Kier molecular flexibility index (Phi) is 3.91. The molecule has 14 heavy (non-hydrogen) atoms. The van der Waals surface area contributed by atoms with E-state index in [4.69, 9.17) is 0 Å². The summed E-state index contributed by atoms with van der Waals surface area (Å²) in [6, 6.07) is 0. The van der Waals surface area contributed by atoms with Crippen molar-refractivity contribution in [2.75, 3.05) is 0 Å². The van der Waals surface area contributed by atoms with Crippen molar-refractivity contribution in [1.82, 2.24) is 0 Å². The first-order valence-corrected chi connectivity index (χ1v) is 5.68.